The molecule has 138 valence electrons. The summed E-state index contributed by atoms with van der Waals surface area (Å²) in [6, 6.07) is 14.6. The third kappa shape index (κ3) is 4.61. The standard InChI is InChI=1S/C21H25NO4/c1-25-21(24)11-5-10-20(23)22-12-13-26-18(15-22)14-17-8-4-7-16-6-2-3-9-19(16)17/h2-4,6-9,18H,5,10-15H2,1H3/t18-/m0/s1. The summed E-state index contributed by atoms with van der Waals surface area (Å²) in [5.74, 6) is -0.186. The first-order valence-electron chi connectivity index (χ1n) is 9.10. The largest absolute Gasteiger partial charge is 0.469 e. The van der Waals surface area contributed by atoms with Gasteiger partial charge in [-0.1, -0.05) is 42.5 Å². The Kier molecular flexibility index (Phi) is 6.23. The minimum absolute atomic E-state index is 0.000821. The van der Waals surface area contributed by atoms with Crippen molar-refractivity contribution in [2.75, 3.05) is 26.8 Å². The number of rotatable bonds is 6. The molecule has 1 saturated heterocycles. The quantitative estimate of drug-likeness (QED) is 0.748. The van der Waals surface area contributed by atoms with Crippen LogP contribution in [0.15, 0.2) is 42.5 Å². The highest BCUT2D eigenvalue weighted by Gasteiger charge is 2.24. The molecule has 1 heterocycles. The number of benzene rings is 2. The predicted octanol–water partition coefficient (Wildman–Crippen LogP) is 2.95. The first-order valence-corrected chi connectivity index (χ1v) is 9.10. The van der Waals surface area contributed by atoms with Crippen LogP contribution < -0.4 is 0 Å². The molecule has 2 aromatic rings. The zero-order valence-electron chi connectivity index (χ0n) is 15.1. The van der Waals surface area contributed by atoms with Gasteiger partial charge in [-0.25, -0.2) is 0 Å². The Labute approximate surface area is 153 Å². The second-order valence-electron chi connectivity index (χ2n) is 6.60. The Balaban J connectivity index is 1.58. The van der Waals surface area contributed by atoms with Crippen LogP contribution in [0.25, 0.3) is 10.8 Å². The summed E-state index contributed by atoms with van der Waals surface area (Å²) in [4.78, 5) is 25.4. The maximum Gasteiger partial charge on any atom is 0.305 e. The van der Waals surface area contributed by atoms with E-state index in [9.17, 15) is 9.59 Å². The zero-order chi connectivity index (χ0) is 18.4. The lowest BCUT2D eigenvalue weighted by Crippen LogP contribution is -2.46. The molecule has 0 saturated carbocycles. The van der Waals surface area contributed by atoms with Crippen molar-refractivity contribution < 1.29 is 19.1 Å². The summed E-state index contributed by atoms with van der Waals surface area (Å²) >= 11 is 0. The molecule has 0 N–H and O–H groups in total. The van der Waals surface area contributed by atoms with Crippen LogP contribution >= 0.6 is 0 Å². The van der Waals surface area contributed by atoms with E-state index in [1.807, 2.05) is 17.0 Å². The molecule has 0 radical (unpaired) electrons. The zero-order valence-corrected chi connectivity index (χ0v) is 15.1. The SMILES string of the molecule is COC(=O)CCCC(=O)N1CCO[C@@H](Cc2cccc3ccccc23)C1. The van der Waals surface area contributed by atoms with E-state index in [-0.39, 0.29) is 24.4 Å². The minimum Gasteiger partial charge on any atom is -0.469 e. The number of amides is 1. The summed E-state index contributed by atoms with van der Waals surface area (Å²) < 4.78 is 10.5. The molecule has 3 rings (SSSR count). The van der Waals surface area contributed by atoms with Crippen LogP contribution in [0.3, 0.4) is 0 Å². The molecule has 1 amide bonds. The number of esters is 1. The smallest absolute Gasteiger partial charge is 0.305 e. The van der Waals surface area contributed by atoms with E-state index in [0.29, 0.717) is 32.5 Å². The third-order valence-electron chi connectivity index (χ3n) is 4.82. The van der Waals surface area contributed by atoms with Crippen LogP contribution in [-0.4, -0.2) is 49.7 Å². The maximum atomic E-state index is 12.4. The maximum absolute atomic E-state index is 12.4. The van der Waals surface area contributed by atoms with Gasteiger partial charge in [0.25, 0.3) is 0 Å². The summed E-state index contributed by atoms with van der Waals surface area (Å²) in [5.41, 5.74) is 1.24. The molecule has 1 atom stereocenters. The molecule has 5 heteroatoms. The number of hydrogen-bond donors (Lipinski definition) is 0. The fraction of sp³-hybridized carbons (Fsp3) is 0.429. The van der Waals surface area contributed by atoms with Crippen molar-refractivity contribution in [2.24, 2.45) is 0 Å². The van der Waals surface area contributed by atoms with Gasteiger partial charge in [-0.15, -0.1) is 0 Å². The van der Waals surface area contributed by atoms with Gasteiger partial charge in [0, 0.05) is 32.4 Å². The molecule has 0 aliphatic carbocycles. The molecule has 0 spiro atoms. The van der Waals surface area contributed by atoms with Crippen LogP contribution in [0, 0.1) is 0 Å². The summed E-state index contributed by atoms with van der Waals surface area (Å²) in [6.45, 7) is 1.77. The number of hydrogen-bond acceptors (Lipinski definition) is 4. The minimum atomic E-state index is -0.270. The molecule has 0 unspecified atom stereocenters. The second-order valence-corrected chi connectivity index (χ2v) is 6.60. The highest BCUT2D eigenvalue weighted by molar-refractivity contribution is 5.85. The van der Waals surface area contributed by atoms with Crippen LogP contribution in [0.5, 0.6) is 0 Å². The predicted molar refractivity (Wildman–Crippen MR) is 99.8 cm³/mol. The first-order chi connectivity index (χ1) is 12.7. The summed E-state index contributed by atoms with van der Waals surface area (Å²) in [6.07, 6.45) is 1.96. The fourth-order valence-electron chi connectivity index (χ4n) is 3.43. The average Bonchev–Trinajstić information content (AvgIpc) is 2.68. The third-order valence-corrected chi connectivity index (χ3v) is 4.82. The molecule has 5 nitrogen and oxygen atoms in total. The summed E-state index contributed by atoms with van der Waals surface area (Å²) in [5, 5.41) is 2.46. The molecule has 2 aromatic carbocycles. The molecule has 0 aromatic heterocycles. The van der Waals surface area contributed by atoms with Crippen molar-refractivity contribution in [1.82, 2.24) is 4.90 Å². The molecular weight excluding hydrogens is 330 g/mol. The van der Waals surface area contributed by atoms with Crippen molar-refractivity contribution in [1.29, 1.82) is 0 Å². The highest BCUT2D eigenvalue weighted by Crippen LogP contribution is 2.22. The van der Waals surface area contributed by atoms with Crippen molar-refractivity contribution in [3.63, 3.8) is 0 Å². The van der Waals surface area contributed by atoms with Gasteiger partial charge < -0.3 is 14.4 Å². The van der Waals surface area contributed by atoms with Gasteiger partial charge in [0.05, 0.1) is 19.8 Å². The van der Waals surface area contributed by atoms with E-state index in [1.165, 1.54) is 23.4 Å². The normalized spacial score (nSPS) is 17.3. The lowest BCUT2D eigenvalue weighted by molar-refractivity contribution is -0.141. The van der Waals surface area contributed by atoms with E-state index in [0.717, 1.165) is 6.42 Å². The number of nitrogens with zero attached hydrogens (tertiary/aromatic N) is 1. The van der Waals surface area contributed by atoms with Crippen molar-refractivity contribution in [3.8, 4) is 0 Å². The van der Waals surface area contributed by atoms with Gasteiger partial charge >= 0.3 is 5.97 Å². The van der Waals surface area contributed by atoms with Crippen molar-refractivity contribution in [3.05, 3.63) is 48.0 Å². The van der Waals surface area contributed by atoms with Crippen LogP contribution in [0.1, 0.15) is 24.8 Å². The number of fused-ring (bicyclic) bond motifs is 1. The lowest BCUT2D eigenvalue weighted by Gasteiger charge is -2.33. The number of methoxy groups -OCH3 is 1. The number of carbonyl (C=O) groups is 2. The average molecular weight is 355 g/mol. The van der Waals surface area contributed by atoms with Gasteiger partial charge in [0.15, 0.2) is 0 Å². The molecular formula is C21H25NO4. The van der Waals surface area contributed by atoms with Gasteiger partial charge in [0.2, 0.25) is 5.91 Å². The molecule has 1 fully saturated rings. The number of morpholine rings is 1. The molecule has 1 aliphatic heterocycles. The van der Waals surface area contributed by atoms with Gasteiger partial charge in [-0.2, -0.15) is 0 Å². The van der Waals surface area contributed by atoms with Crippen LogP contribution in [0.4, 0.5) is 0 Å². The monoisotopic (exact) mass is 355 g/mol. The Hall–Kier alpha value is -2.40. The van der Waals surface area contributed by atoms with Crippen molar-refractivity contribution in [2.45, 2.75) is 31.8 Å². The van der Waals surface area contributed by atoms with Crippen molar-refractivity contribution >= 4 is 22.6 Å². The van der Waals surface area contributed by atoms with E-state index in [4.69, 9.17) is 4.74 Å². The summed E-state index contributed by atoms with van der Waals surface area (Å²) in [7, 11) is 1.37. The Morgan fingerprint density at radius 2 is 1.96 bits per heavy atom. The van der Waals surface area contributed by atoms with E-state index in [1.54, 1.807) is 0 Å². The second kappa shape index (κ2) is 8.81. The fourth-order valence-corrected chi connectivity index (χ4v) is 3.43. The number of ether oxygens (including phenoxy) is 2. The van der Waals surface area contributed by atoms with Crippen LogP contribution in [-0.2, 0) is 25.5 Å². The van der Waals surface area contributed by atoms with E-state index >= 15 is 0 Å². The molecule has 1 aliphatic rings. The Morgan fingerprint density at radius 1 is 1.15 bits per heavy atom. The van der Waals surface area contributed by atoms with E-state index in [2.05, 4.69) is 35.1 Å². The Morgan fingerprint density at radius 3 is 2.81 bits per heavy atom. The van der Waals surface area contributed by atoms with Crippen LogP contribution in [0.2, 0.25) is 0 Å². The van der Waals surface area contributed by atoms with Gasteiger partial charge in [0.1, 0.15) is 0 Å². The number of carbonyl (C=O) groups excluding carboxylic acids is 2. The highest BCUT2D eigenvalue weighted by atomic mass is 16.5. The molecule has 0 bridgehead atoms. The first kappa shape index (κ1) is 18.4. The Bertz CT molecular complexity index is 768. The van der Waals surface area contributed by atoms with Gasteiger partial charge in [-0.3, -0.25) is 9.59 Å². The van der Waals surface area contributed by atoms with Gasteiger partial charge in [-0.05, 0) is 22.8 Å². The van der Waals surface area contributed by atoms with E-state index < -0.39 is 0 Å². The topological polar surface area (TPSA) is 55.8 Å². The molecule has 26 heavy (non-hydrogen) atoms. The lowest BCUT2D eigenvalue weighted by atomic mass is 9.99.